The third-order valence-electron chi connectivity index (χ3n) is 3.88. The topological polar surface area (TPSA) is 15.3 Å². The molecule has 1 saturated heterocycles. The first-order valence-corrected chi connectivity index (χ1v) is 7.25. The summed E-state index contributed by atoms with van der Waals surface area (Å²) in [5.41, 5.74) is 0. The molecule has 1 fully saturated rings. The van der Waals surface area contributed by atoms with Crippen LogP contribution in [-0.4, -0.2) is 37.1 Å². The first-order valence-electron chi connectivity index (χ1n) is 7.25. The summed E-state index contributed by atoms with van der Waals surface area (Å²) in [7, 11) is 0. The quantitative estimate of drug-likeness (QED) is 0.718. The fourth-order valence-corrected chi connectivity index (χ4v) is 2.74. The standard InChI is InChI=1S/C14H30N2/c1-4-8-14(5-2)15-11-13-9-7-10-16(6-3)12-13/h13-15H,4-12H2,1-3H3. The van der Waals surface area contributed by atoms with Crippen molar-refractivity contribution in [1.29, 1.82) is 0 Å². The second kappa shape index (κ2) is 8.08. The van der Waals surface area contributed by atoms with Crippen LogP contribution in [0.5, 0.6) is 0 Å². The highest BCUT2D eigenvalue weighted by Gasteiger charge is 2.19. The first kappa shape index (κ1) is 14.0. The van der Waals surface area contributed by atoms with Crippen molar-refractivity contribution in [2.75, 3.05) is 26.2 Å². The Hall–Kier alpha value is -0.0800. The average molecular weight is 226 g/mol. The van der Waals surface area contributed by atoms with Crippen molar-refractivity contribution in [3.05, 3.63) is 0 Å². The molecule has 2 heteroatoms. The summed E-state index contributed by atoms with van der Waals surface area (Å²) >= 11 is 0. The van der Waals surface area contributed by atoms with Gasteiger partial charge in [-0.1, -0.05) is 27.2 Å². The fraction of sp³-hybridized carbons (Fsp3) is 1.00. The van der Waals surface area contributed by atoms with Crippen LogP contribution in [0, 0.1) is 5.92 Å². The summed E-state index contributed by atoms with van der Waals surface area (Å²) < 4.78 is 0. The number of nitrogens with zero attached hydrogens (tertiary/aromatic N) is 1. The predicted molar refractivity (Wildman–Crippen MR) is 71.8 cm³/mol. The number of hydrogen-bond donors (Lipinski definition) is 1. The fourth-order valence-electron chi connectivity index (χ4n) is 2.74. The molecular weight excluding hydrogens is 196 g/mol. The lowest BCUT2D eigenvalue weighted by Crippen LogP contribution is -2.41. The van der Waals surface area contributed by atoms with E-state index in [9.17, 15) is 0 Å². The van der Waals surface area contributed by atoms with E-state index in [1.807, 2.05) is 0 Å². The van der Waals surface area contributed by atoms with E-state index in [1.165, 1.54) is 58.3 Å². The lowest BCUT2D eigenvalue weighted by Gasteiger charge is -2.32. The average Bonchev–Trinajstić information content (AvgIpc) is 2.34. The van der Waals surface area contributed by atoms with Crippen LogP contribution >= 0.6 is 0 Å². The van der Waals surface area contributed by atoms with Crippen molar-refractivity contribution >= 4 is 0 Å². The number of rotatable bonds is 7. The van der Waals surface area contributed by atoms with Crippen LogP contribution in [0.1, 0.15) is 52.9 Å². The van der Waals surface area contributed by atoms with E-state index in [-0.39, 0.29) is 0 Å². The Balaban J connectivity index is 2.20. The minimum atomic E-state index is 0.752. The lowest BCUT2D eigenvalue weighted by atomic mass is 9.97. The molecule has 0 aromatic carbocycles. The molecule has 1 N–H and O–H groups in total. The van der Waals surface area contributed by atoms with E-state index in [0.717, 1.165) is 12.0 Å². The SMILES string of the molecule is CCCC(CC)NCC1CCCN(CC)C1. The minimum Gasteiger partial charge on any atom is -0.314 e. The molecule has 16 heavy (non-hydrogen) atoms. The van der Waals surface area contributed by atoms with Gasteiger partial charge >= 0.3 is 0 Å². The van der Waals surface area contributed by atoms with Crippen LogP contribution in [0.4, 0.5) is 0 Å². The monoisotopic (exact) mass is 226 g/mol. The third-order valence-corrected chi connectivity index (χ3v) is 3.88. The van der Waals surface area contributed by atoms with E-state index >= 15 is 0 Å². The van der Waals surface area contributed by atoms with E-state index in [4.69, 9.17) is 0 Å². The maximum atomic E-state index is 3.76. The normalized spacial score (nSPS) is 24.6. The Morgan fingerprint density at radius 3 is 2.75 bits per heavy atom. The van der Waals surface area contributed by atoms with Gasteiger partial charge in [0.2, 0.25) is 0 Å². The summed E-state index contributed by atoms with van der Waals surface area (Å²) in [6.45, 7) is 11.9. The van der Waals surface area contributed by atoms with Crippen molar-refractivity contribution in [3.8, 4) is 0 Å². The molecular formula is C14H30N2. The number of hydrogen-bond acceptors (Lipinski definition) is 2. The first-order chi connectivity index (χ1) is 7.80. The van der Waals surface area contributed by atoms with E-state index in [2.05, 4.69) is 31.0 Å². The number of likely N-dealkylation sites (tertiary alicyclic amines) is 1. The van der Waals surface area contributed by atoms with Gasteiger partial charge in [0.1, 0.15) is 0 Å². The van der Waals surface area contributed by atoms with Gasteiger partial charge < -0.3 is 10.2 Å². The molecule has 96 valence electrons. The largest absolute Gasteiger partial charge is 0.314 e. The van der Waals surface area contributed by atoms with Gasteiger partial charge in [-0.25, -0.2) is 0 Å². The molecule has 0 radical (unpaired) electrons. The molecule has 0 amide bonds. The Bertz CT molecular complexity index is 170. The maximum Gasteiger partial charge on any atom is 0.00644 e. The third kappa shape index (κ3) is 4.84. The molecule has 0 bridgehead atoms. The van der Waals surface area contributed by atoms with Crippen LogP contribution < -0.4 is 5.32 Å². The van der Waals surface area contributed by atoms with Gasteiger partial charge in [-0.15, -0.1) is 0 Å². The number of piperidine rings is 1. The summed E-state index contributed by atoms with van der Waals surface area (Å²) in [5.74, 6) is 0.889. The van der Waals surface area contributed by atoms with Gasteiger partial charge in [-0.05, 0) is 51.2 Å². The molecule has 2 nitrogen and oxygen atoms in total. The van der Waals surface area contributed by atoms with E-state index < -0.39 is 0 Å². The van der Waals surface area contributed by atoms with Crippen LogP contribution in [0.3, 0.4) is 0 Å². The molecule has 1 aliphatic heterocycles. The van der Waals surface area contributed by atoms with Crippen molar-refractivity contribution in [1.82, 2.24) is 10.2 Å². The highest BCUT2D eigenvalue weighted by atomic mass is 15.1. The van der Waals surface area contributed by atoms with Crippen LogP contribution in [0.25, 0.3) is 0 Å². The van der Waals surface area contributed by atoms with E-state index in [1.54, 1.807) is 0 Å². The molecule has 2 atom stereocenters. The van der Waals surface area contributed by atoms with Gasteiger partial charge in [0.25, 0.3) is 0 Å². The molecule has 1 rings (SSSR count). The highest BCUT2D eigenvalue weighted by Crippen LogP contribution is 2.15. The predicted octanol–water partition coefficient (Wildman–Crippen LogP) is 2.89. The molecule has 0 aromatic heterocycles. The Kier molecular flexibility index (Phi) is 7.06. The molecule has 0 aromatic rings. The zero-order valence-corrected chi connectivity index (χ0v) is 11.5. The van der Waals surface area contributed by atoms with Crippen LogP contribution in [-0.2, 0) is 0 Å². The van der Waals surface area contributed by atoms with Crippen LogP contribution in [0.15, 0.2) is 0 Å². The van der Waals surface area contributed by atoms with Gasteiger partial charge in [-0.2, -0.15) is 0 Å². The Morgan fingerprint density at radius 1 is 1.31 bits per heavy atom. The second-order valence-corrected chi connectivity index (χ2v) is 5.20. The molecule has 2 unspecified atom stereocenters. The van der Waals surface area contributed by atoms with Crippen LogP contribution in [0.2, 0.25) is 0 Å². The summed E-state index contributed by atoms with van der Waals surface area (Å²) in [4.78, 5) is 2.59. The summed E-state index contributed by atoms with van der Waals surface area (Å²) in [6, 6.07) is 0.752. The summed E-state index contributed by atoms with van der Waals surface area (Å²) in [6.07, 6.45) is 6.73. The van der Waals surface area contributed by atoms with Gasteiger partial charge in [0.15, 0.2) is 0 Å². The van der Waals surface area contributed by atoms with Gasteiger partial charge in [0, 0.05) is 12.6 Å². The van der Waals surface area contributed by atoms with E-state index in [0.29, 0.717) is 0 Å². The zero-order chi connectivity index (χ0) is 11.8. The van der Waals surface area contributed by atoms with Crippen molar-refractivity contribution < 1.29 is 0 Å². The summed E-state index contributed by atoms with van der Waals surface area (Å²) in [5, 5.41) is 3.76. The van der Waals surface area contributed by atoms with Crippen molar-refractivity contribution in [2.24, 2.45) is 5.92 Å². The lowest BCUT2D eigenvalue weighted by molar-refractivity contribution is 0.176. The van der Waals surface area contributed by atoms with Crippen molar-refractivity contribution in [2.45, 2.75) is 58.9 Å². The second-order valence-electron chi connectivity index (χ2n) is 5.20. The van der Waals surface area contributed by atoms with Gasteiger partial charge in [-0.3, -0.25) is 0 Å². The minimum absolute atomic E-state index is 0.752. The molecule has 1 heterocycles. The van der Waals surface area contributed by atoms with Gasteiger partial charge in [0.05, 0.1) is 0 Å². The Morgan fingerprint density at radius 2 is 2.12 bits per heavy atom. The van der Waals surface area contributed by atoms with Crippen molar-refractivity contribution in [3.63, 3.8) is 0 Å². The molecule has 0 spiro atoms. The molecule has 1 aliphatic rings. The Labute approximate surface area is 102 Å². The number of nitrogens with one attached hydrogen (secondary N) is 1. The highest BCUT2D eigenvalue weighted by molar-refractivity contribution is 4.75. The molecule has 0 aliphatic carbocycles. The smallest absolute Gasteiger partial charge is 0.00644 e. The molecule has 0 saturated carbocycles. The zero-order valence-electron chi connectivity index (χ0n) is 11.5. The maximum absolute atomic E-state index is 3.76.